The van der Waals surface area contributed by atoms with Crippen LogP contribution in [0.25, 0.3) is 5.57 Å². The van der Waals surface area contributed by atoms with Crippen molar-refractivity contribution in [2.75, 3.05) is 19.8 Å². The Morgan fingerprint density at radius 3 is 2.19 bits per heavy atom. The van der Waals surface area contributed by atoms with E-state index in [1.54, 1.807) is 43.1 Å². The first kappa shape index (κ1) is 18.3. The first-order chi connectivity index (χ1) is 12.2. The van der Waals surface area contributed by atoms with Gasteiger partial charge in [0.15, 0.2) is 9.84 Å². The summed E-state index contributed by atoms with van der Waals surface area (Å²) in [6, 6.07) is 11.2. The Morgan fingerprint density at radius 1 is 1.08 bits per heavy atom. The molecule has 1 saturated heterocycles. The lowest BCUT2D eigenvalue weighted by atomic mass is 9.91. The van der Waals surface area contributed by atoms with Gasteiger partial charge in [-0.05, 0) is 59.9 Å². The molecule has 2 aromatic rings. The molecule has 0 atom stereocenters. The van der Waals surface area contributed by atoms with Gasteiger partial charge in [0.05, 0.1) is 4.90 Å². The minimum Gasteiger partial charge on any atom is -0.342 e. The summed E-state index contributed by atoms with van der Waals surface area (Å²) in [5, 5.41) is 0. The summed E-state index contributed by atoms with van der Waals surface area (Å²) in [7, 11) is -1.56. The van der Waals surface area contributed by atoms with Crippen LogP contribution in [0.5, 0.6) is 0 Å². The minimum absolute atomic E-state index is 0.0610. The quantitative estimate of drug-likeness (QED) is 0.777. The van der Waals surface area contributed by atoms with Crippen LogP contribution in [0.3, 0.4) is 0 Å². The molecule has 0 aliphatic carbocycles. The minimum atomic E-state index is -3.30. The van der Waals surface area contributed by atoms with Crippen LogP contribution in [-0.2, 0) is 14.6 Å². The summed E-state index contributed by atoms with van der Waals surface area (Å²) in [6.45, 7) is 2.30. The van der Waals surface area contributed by atoms with Gasteiger partial charge in [0.1, 0.15) is 5.82 Å². The Hall–Kier alpha value is -2.47. The number of carbonyl (C=O) groups is 1. The topological polar surface area (TPSA) is 54.5 Å². The largest absolute Gasteiger partial charge is 0.342 e. The van der Waals surface area contributed by atoms with Gasteiger partial charge >= 0.3 is 0 Å². The number of nitrogens with zero attached hydrogens (tertiary/aromatic N) is 1. The maximum absolute atomic E-state index is 13.7. The van der Waals surface area contributed by atoms with Crippen LogP contribution in [-0.4, -0.2) is 39.1 Å². The summed E-state index contributed by atoms with van der Waals surface area (Å²) >= 11 is 0. The molecule has 136 valence electrons. The van der Waals surface area contributed by atoms with Gasteiger partial charge in [-0.1, -0.05) is 18.2 Å². The predicted molar refractivity (Wildman–Crippen MR) is 99.0 cm³/mol. The summed E-state index contributed by atoms with van der Waals surface area (Å²) in [5.41, 5.74) is 3.36. The average Bonchev–Trinajstić information content (AvgIpc) is 2.91. The second-order valence-corrected chi connectivity index (χ2v) is 8.61. The number of amides is 1. The van der Waals surface area contributed by atoms with Gasteiger partial charge in [0, 0.05) is 25.4 Å². The lowest BCUT2D eigenvalue weighted by molar-refractivity contribution is -0.123. The van der Waals surface area contributed by atoms with Gasteiger partial charge in [0.25, 0.3) is 0 Å². The molecule has 1 fully saturated rings. The third-order valence-electron chi connectivity index (χ3n) is 4.62. The fraction of sp³-hybridized carbons (Fsp3) is 0.250. The van der Waals surface area contributed by atoms with E-state index in [0.717, 1.165) is 23.0 Å². The fourth-order valence-corrected chi connectivity index (χ4v) is 3.76. The van der Waals surface area contributed by atoms with Crippen molar-refractivity contribution in [2.24, 2.45) is 0 Å². The van der Waals surface area contributed by atoms with Crippen LogP contribution < -0.4 is 0 Å². The van der Waals surface area contributed by atoms with Gasteiger partial charge in [-0.3, -0.25) is 4.79 Å². The molecule has 26 heavy (non-hydrogen) atoms. The number of likely N-dealkylation sites (tertiary alicyclic amines) is 1. The number of hydrogen-bond acceptors (Lipinski definition) is 3. The van der Waals surface area contributed by atoms with Crippen LogP contribution in [0, 0.1) is 12.7 Å². The van der Waals surface area contributed by atoms with Crippen molar-refractivity contribution >= 4 is 21.3 Å². The van der Waals surface area contributed by atoms with Crippen LogP contribution in [0.2, 0.25) is 0 Å². The molecule has 0 N–H and O–H groups in total. The number of carbonyl (C=O) groups excluding carboxylic acids is 1. The van der Waals surface area contributed by atoms with Gasteiger partial charge in [0.2, 0.25) is 5.91 Å². The molecule has 0 saturated carbocycles. The third-order valence-corrected chi connectivity index (χ3v) is 5.75. The van der Waals surface area contributed by atoms with E-state index in [9.17, 15) is 17.6 Å². The second kappa shape index (κ2) is 6.68. The summed E-state index contributed by atoms with van der Waals surface area (Å²) in [5.74, 6) is -0.366. The number of sulfone groups is 1. The van der Waals surface area contributed by atoms with E-state index in [0.29, 0.717) is 24.1 Å². The predicted octanol–water partition coefficient (Wildman–Crippen LogP) is 3.20. The van der Waals surface area contributed by atoms with E-state index in [2.05, 4.69) is 0 Å². The fourth-order valence-electron chi connectivity index (χ4n) is 3.13. The summed E-state index contributed by atoms with van der Waals surface area (Å²) in [4.78, 5) is 14.4. The molecule has 3 rings (SSSR count). The highest BCUT2D eigenvalue weighted by atomic mass is 32.2. The molecule has 0 spiro atoms. The van der Waals surface area contributed by atoms with E-state index in [-0.39, 0.29) is 16.6 Å². The van der Waals surface area contributed by atoms with Crippen molar-refractivity contribution in [1.29, 1.82) is 0 Å². The molecule has 0 radical (unpaired) electrons. The Balaban J connectivity index is 2.20. The molecule has 1 heterocycles. The van der Waals surface area contributed by atoms with Crippen LogP contribution >= 0.6 is 0 Å². The molecular formula is C20H20FNO3S. The molecule has 6 heteroatoms. The molecular weight excluding hydrogens is 353 g/mol. The van der Waals surface area contributed by atoms with Crippen LogP contribution in [0.4, 0.5) is 4.39 Å². The van der Waals surface area contributed by atoms with E-state index in [1.807, 2.05) is 0 Å². The Bertz CT molecular complexity index is 1010. The maximum Gasteiger partial charge on any atom is 0.250 e. The van der Waals surface area contributed by atoms with Crippen molar-refractivity contribution in [1.82, 2.24) is 4.90 Å². The van der Waals surface area contributed by atoms with E-state index < -0.39 is 9.84 Å². The van der Waals surface area contributed by atoms with Crippen molar-refractivity contribution in [3.8, 4) is 0 Å². The van der Waals surface area contributed by atoms with Gasteiger partial charge in [-0.25, -0.2) is 12.8 Å². The van der Waals surface area contributed by atoms with Crippen molar-refractivity contribution in [3.63, 3.8) is 0 Å². The number of benzene rings is 2. The smallest absolute Gasteiger partial charge is 0.250 e. The number of rotatable bonds is 3. The molecule has 0 aromatic heterocycles. The van der Waals surface area contributed by atoms with Gasteiger partial charge in [-0.2, -0.15) is 0 Å². The lowest BCUT2D eigenvalue weighted by Crippen LogP contribution is -2.19. The molecule has 1 aliphatic heterocycles. The SMILES string of the molecule is Cc1cc(/C(=C2/CCN(C)C2=O)c2ccc(S(C)(=O)=O)cc2)ccc1F. The number of halogens is 1. The standard InChI is InChI=1S/C20H20FNO3S/c1-13-12-15(6-9-18(13)21)19(17-10-11-22(2)20(17)23)14-4-7-16(8-5-14)26(3,24)25/h4-9,12H,10-11H2,1-3H3/b19-17-. The van der Waals surface area contributed by atoms with E-state index in [4.69, 9.17) is 0 Å². The summed E-state index contributed by atoms with van der Waals surface area (Å²) in [6.07, 6.45) is 1.75. The zero-order chi connectivity index (χ0) is 19.1. The van der Waals surface area contributed by atoms with Crippen LogP contribution in [0.1, 0.15) is 23.1 Å². The monoisotopic (exact) mass is 373 g/mol. The molecule has 1 aliphatic rings. The third kappa shape index (κ3) is 3.42. The summed E-state index contributed by atoms with van der Waals surface area (Å²) < 4.78 is 37.1. The molecule has 2 aromatic carbocycles. The van der Waals surface area contributed by atoms with Gasteiger partial charge < -0.3 is 4.90 Å². The van der Waals surface area contributed by atoms with E-state index in [1.165, 1.54) is 18.2 Å². The molecule has 0 bridgehead atoms. The average molecular weight is 373 g/mol. The Kier molecular flexibility index (Phi) is 4.71. The van der Waals surface area contributed by atoms with E-state index >= 15 is 0 Å². The molecule has 4 nitrogen and oxygen atoms in total. The van der Waals surface area contributed by atoms with Crippen molar-refractivity contribution in [3.05, 3.63) is 70.5 Å². The van der Waals surface area contributed by atoms with Crippen molar-refractivity contribution < 1.29 is 17.6 Å². The van der Waals surface area contributed by atoms with Crippen LogP contribution in [0.15, 0.2) is 52.9 Å². The number of hydrogen-bond donors (Lipinski definition) is 0. The second-order valence-electron chi connectivity index (χ2n) is 6.59. The van der Waals surface area contributed by atoms with Crippen molar-refractivity contribution in [2.45, 2.75) is 18.2 Å². The molecule has 1 amide bonds. The number of aryl methyl sites for hydroxylation is 1. The number of likely N-dealkylation sites (N-methyl/N-ethyl adjacent to an activating group) is 1. The highest BCUT2D eigenvalue weighted by molar-refractivity contribution is 7.90. The lowest BCUT2D eigenvalue weighted by Gasteiger charge is -2.14. The first-order valence-electron chi connectivity index (χ1n) is 8.24. The Labute approximate surface area is 152 Å². The highest BCUT2D eigenvalue weighted by Gasteiger charge is 2.27. The zero-order valence-electron chi connectivity index (χ0n) is 14.9. The highest BCUT2D eigenvalue weighted by Crippen LogP contribution is 2.33. The zero-order valence-corrected chi connectivity index (χ0v) is 15.7. The first-order valence-corrected chi connectivity index (χ1v) is 10.1. The molecule has 0 unspecified atom stereocenters. The normalized spacial score (nSPS) is 16.9. The van der Waals surface area contributed by atoms with Gasteiger partial charge in [-0.15, -0.1) is 0 Å². The Morgan fingerprint density at radius 2 is 1.69 bits per heavy atom. The maximum atomic E-state index is 13.7.